The van der Waals surface area contributed by atoms with Crippen molar-refractivity contribution in [1.29, 1.82) is 0 Å². The van der Waals surface area contributed by atoms with E-state index < -0.39 is 6.09 Å². The molecule has 2 atom stereocenters. The molecule has 9 nitrogen and oxygen atoms in total. The summed E-state index contributed by atoms with van der Waals surface area (Å²) in [5.41, 5.74) is 2.54. The van der Waals surface area contributed by atoms with Crippen LogP contribution in [-0.2, 0) is 4.79 Å². The summed E-state index contributed by atoms with van der Waals surface area (Å²) < 4.78 is 5.28. The molecule has 1 unspecified atom stereocenters. The molecule has 1 aliphatic rings. The van der Waals surface area contributed by atoms with E-state index >= 15 is 0 Å². The standard InChI is InChI=1S/C23H28N6O3/c1-14-11-24-20-19(14)21(26-13-25-20)29-9-8-18(15(2)12-29)22(30)27-16-6-5-7-17(10-16)32-23(31)28(3)4/h5-7,10-11,13,15,18H,8-9,12H2,1-4H3,(H,27,30)(H,24,25,26)/t15-,18?/m0/s1. The van der Waals surface area contributed by atoms with Crippen molar-refractivity contribution < 1.29 is 14.3 Å². The van der Waals surface area contributed by atoms with Gasteiger partial charge in [0.1, 0.15) is 23.5 Å². The Morgan fingerprint density at radius 2 is 2.09 bits per heavy atom. The van der Waals surface area contributed by atoms with Crippen LogP contribution in [0.5, 0.6) is 5.75 Å². The van der Waals surface area contributed by atoms with Gasteiger partial charge in [0.25, 0.3) is 0 Å². The maximum atomic E-state index is 13.0. The second-order valence-electron chi connectivity index (χ2n) is 8.49. The third-order valence-corrected chi connectivity index (χ3v) is 5.86. The number of nitrogens with one attached hydrogen (secondary N) is 2. The number of nitrogens with zero attached hydrogens (tertiary/aromatic N) is 4. The fraction of sp³-hybridized carbons (Fsp3) is 0.391. The zero-order chi connectivity index (χ0) is 22.8. The summed E-state index contributed by atoms with van der Waals surface area (Å²) in [5.74, 6) is 1.29. The van der Waals surface area contributed by atoms with Gasteiger partial charge < -0.3 is 24.8 Å². The number of carbonyl (C=O) groups is 2. The fourth-order valence-corrected chi connectivity index (χ4v) is 4.13. The lowest BCUT2D eigenvalue weighted by atomic mass is 9.86. The molecular formula is C23H28N6O3. The van der Waals surface area contributed by atoms with Gasteiger partial charge in [0.05, 0.1) is 5.39 Å². The third-order valence-electron chi connectivity index (χ3n) is 5.86. The first-order valence-electron chi connectivity index (χ1n) is 10.7. The van der Waals surface area contributed by atoms with Crippen LogP contribution >= 0.6 is 0 Å². The van der Waals surface area contributed by atoms with E-state index in [0.29, 0.717) is 11.4 Å². The number of hydrogen-bond donors (Lipinski definition) is 2. The Kier molecular flexibility index (Phi) is 5.98. The van der Waals surface area contributed by atoms with Crippen molar-refractivity contribution >= 4 is 34.5 Å². The summed E-state index contributed by atoms with van der Waals surface area (Å²) in [6, 6.07) is 6.88. The highest BCUT2D eigenvalue weighted by atomic mass is 16.6. The van der Waals surface area contributed by atoms with Crippen LogP contribution < -0.4 is 15.0 Å². The molecule has 0 bridgehead atoms. The summed E-state index contributed by atoms with van der Waals surface area (Å²) in [4.78, 5) is 40.4. The molecule has 3 heterocycles. The average molecular weight is 437 g/mol. The summed E-state index contributed by atoms with van der Waals surface area (Å²) >= 11 is 0. The SMILES string of the molecule is Cc1c[nH]c2ncnc(N3CCC(C(=O)Nc4cccc(OC(=O)N(C)C)c4)[C@@H](C)C3)c12. The average Bonchev–Trinajstić information content (AvgIpc) is 3.15. The Balaban J connectivity index is 1.42. The largest absolute Gasteiger partial charge is 0.414 e. The number of fused-ring (bicyclic) bond motifs is 1. The van der Waals surface area contributed by atoms with Crippen molar-refractivity contribution in [2.45, 2.75) is 20.3 Å². The van der Waals surface area contributed by atoms with E-state index in [0.717, 1.165) is 41.9 Å². The quantitative estimate of drug-likeness (QED) is 0.650. The Hall–Kier alpha value is -3.62. The van der Waals surface area contributed by atoms with Crippen molar-refractivity contribution in [3.8, 4) is 5.75 Å². The molecule has 9 heteroatoms. The lowest BCUT2D eigenvalue weighted by molar-refractivity contribution is -0.121. The Labute approximate surface area is 186 Å². The number of carbonyl (C=O) groups excluding carboxylic acids is 2. The van der Waals surface area contributed by atoms with Gasteiger partial charge in [-0.2, -0.15) is 0 Å². The highest BCUT2D eigenvalue weighted by molar-refractivity contribution is 5.94. The van der Waals surface area contributed by atoms with Crippen LogP contribution in [0.4, 0.5) is 16.3 Å². The summed E-state index contributed by atoms with van der Waals surface area (Å²) in [6.45, 7) is 5.60. The van der Waals surface area contributed by atoms with Gasteiger partial charge in [-0.1, -0.05) is 13.0 Å². The number of aromatic nitrogens is 3. The Bertz CT molecular complexity index is 1140. The first-order chi connectivity index (χ1) is 15.3. The zero-order valence-electron chi connectivity index (χ0n) is 18.8. The fourth-order valence-electron chi connectivity index (χ4n) is 4.13. The number of amides is 2. The molecule has 2 amide bonds. The van der Waals surface area contributed by atoms with Crippen LogP contribution in [0, 0.1) is 18.8 Å². The molecule has 168 valence electrons. The van der Waals surface area contributed by atoms with E-state index in [9.17, 15) is 9.59 Å². The summed E-state index contributed by atoms with van der Waals surface area (Å²) in [5, 5.41) is 4.02. The lowest BCUT2D eigenvalue weighted by Gasteiger charge is -2.37. The monoisotopic (exact) mass is 436 g/mol. The van der Waals surface area contributed by atoms with Crippen LogP contribution in [0.25, 0.3) is 11.0 Å². The number of ether oxygens (including phenoxy) is 1. The number of hydrogen-bond acceptors (Lipinski definition) is 6. The van der Waals surface area contributed by atoms with Crippen molar-refractivity contribution in [2.24, 2.45) is 11.8 Å². The van der Waals surface area contributed by atoms with Crippen LogP contribution in [0.2, 0.25) is 0 Å². The highest BCUT2D eigenvalue weighted by Crippen LogP contribution is 2.32. The molecule has 1 fully saturated rings. The van der Waals surface area contributed by atoms with Gasteiger partial charge in [-0.15, -0.1) is 0 Å². The normalized spacial score (nSPS) is 18.4. The molecule has 2 aromatic heterocycles. The van der Waals surface area contributed by atoms with Gasteiger partial charge in [-0.3, -0.25) is 4.79 Å². The number of benzene rings is 1. The molecule has 0 spiro atoms. The zero-order valence-corrected chi connectivity index (χ0v) is 18.8. The lowest BCUT2D eigenvalue weighted by Crippen LogP contribution is -2.44. The Morgan fingerprint density at radius 3 is 2.84 bits per heavy atom. The van der Waals surface area contributed by atoms with Crippen molar-refractivity contribution in [1.82, 2.24) is 19.9 Å². The predicted molar refractivity (Wildman–Crippen MR) is 123 cm³/mol. The van der Waals surface area contributed by atoms with Gasteiger partial charge in [-0.25, -0.2) is 14.8 Å². The summed E-state index contributed by atoms with van der Waals surface area (Å²) in [6.07, 6.45) is 3.77. The van der Waals surface area contributed by atoms with Crippen LogP contribution in [0.15, 0.2) is 36.8 Å². The molecule has 2 N–H and O–H groups in total. The number of piperidine rings is 1. The van der Waals surface area contributed by atoms with Crippen LogP contribution in [0.1, 0.15) is 18.9 Å². The minimum absolute atomic E-state index is 0.0288. The summed E-state index contributed by atoms with van der Waals surface area (Å²) in [7, 11) is 3.23. The maximum absolute atomic E-state index is 13.0. The van der Waals surface area contributed by atoms with E-state index in [-0.39, 0.29) is 17.7 Å². The van der Waals surface area contributed by atoms with Crippen molar-refractivity contribution in [3.05, 3.63) is 42.4 Å². The molecule has 32 heavy (non-hydrogen) atoms. The first kappa shape index (κ1) is 21.6. The molecule has 0 aliphatic carbocycles. The molecule has 4 rings (SSSR count). The second-order valence-corrected chi connectivity index (χ2v) is 8.49. The van der Waals surface area contributed by atoms with Crippen molar-refractivity contribution in [2.75, 3.05) is 37.4 Å². The number of anilines is 2. The molecule has 0 radical (unpaired) electrons. The van der Waals surface area contributed by atoms with Gasteiger partial charge in [0.15, 0.2) is 0 Å². The maximum Gasteiger partial charge on any atom is 0.414 e. The van der Waals surface area contributed by atoms with E-state index in [1.807, 2.05) is 13.1 Å². The van der Waals surface area contributed by atoms with Gasteiger partial charge in [0, 0.05) is 51.1 Å². The van der Waals surface area contributed by atoms with Crippen LogP contribution in [-0.4, -0.2) is 59.0 Å². The van der Waals surface area contributed by atoms with E-state index in [4.69, 9.17) is 4.74 Å². The van der Waals surface area contributed by atoms with Gasteiger partial charge >= 0.3 is 6.09 Å². The molecule has 1 saturated heterocycles. The molecule has 0 saturated carbocycles. The van der Waals surface area contributed by atoms with Crippen molar-refractivity contribution in [3.63, 3.8) is 0 Å². The molecule has 3 aromatic rings. The first-order valence-corrected chi connectivity index (χ1v) is 10.7. The third kappa shape index (κ3) is 4.37. The molecule has 1 aromatic carbocycles. The number of aryl methyl sites for hydroxylation is 1. The number of H-pyrrole nitrogens is 1. The topological polar surface area (TPSA) is 103 Å². The van der Waals surface area contributed by atoms with E-state index in [1.54, 1.807) is 44.7 Å². The van der Waals surface area contributed by atoms with Crippen LogP contribution in [0.3, 0.4) is 0 Å². The predicted octanol–water partition coefficient (Wildman–Crippen LogP) is 3.43. The van der Waals surface area contributed by atoms with E-state index in [1.165, 1.54) is 4.90 Å². The second kappa shape index (κ2) is 8.86. The number of aromatic amines is 1. The van der Waals surface area contributed by atoms with Gasteiger partial charge in [-0.05, 0) is 37.0 Å². The van der Waals surface area contributed by atoms with E-state index in [2.05, 4.69) is 32.1 Å². The smallest absolute Gasteiger partial charge is 0.410 e. The highest BCUT2D eigenvalue weighted by Gasteiger charge is 2.32. The molecular weight excluding hydrogens is 408 g/mol. The minimum atomic E-state index is -0.467. The Morgan fingerprint density at radius 1 is 1.28 bits per heavy atom. The van der Waals surface area contributed by atoms with Gasteiger partial charge in [0.2, 0.25) is 5.91 Å². The number of rotatable bonds is 4. The molecule has 1 aliphatic heterocycles. The minimum Gasteiger partial charge on any atom is -0.410 e.